The largest absolute Gasteiger partial charge is 0.368 e. The third kappa shape index (κ3) is 5.44. The molecule has 0 aromatic heterocycles. The molecule has 11 heteroatoms. The number of nitrogens with zero attached hydrogens (tertiary/aromatic N) is 2. The Balaban J connectivity index is 1.81. The number of benzene rings is 2. The number of nitrogens with one attached hydrogen (secondary N) is 1. The van der Waals surface area contributed by atoms with Crippen molar-refractivity contribution in [2.45, 2.75) is 30.3 Å². The number of nitrogens with two attached hydrogens (primary N) is 1. The minimum absolute atomic E-state index is 0.145. The predicted molar refractivity (Wildman–Crippen MR) is 113 cm³/mol. The minimum atomic E-state index is -3.75. The zero-order valence-electron chi connectivity index (χ0n) is 16.8. The van der Waals surface area contributed by atoms with Crippen molar-refractivity contribution in [2.24, 2.45) is 5.73 Å². The molecule has 0 radical (unpaired) electrons. The van der Waals surface area contributed by atoms with Crippen LogP contribution in [0, 0.1) is 10.1 Å². The molecule has 164 valence electrons. The topological polar surface area (TPSA) is 153 Å². The Morgan fingerprint density at radius 1 is 1.26 bits per heavy atom. The smallest absolute Gasteiger partial charge is 0.271 e. The van der Waals surface area contributed by atoms with Crippen LogP contribution in [-0.2, 0) is 21.2 Å². The summed E-state index contributed by atoms with van der Waals surface area (Å²) in [5, 5.41) is 13.8. The SMILES string of the molecule is CS(=O)(=O)c1cc(C(=O)Nc2cccc(CN3CCCC3C(N)=O)c2)cc([N+](=O)[O-])c1. The number of primary amides is 1. The fraction of sp³-hybridized carbons (Fsp3) is 0.300. The van der Waals surface area contributed by atoms with E-state index in [0.29, 0.717) is 18.7 Å². The Morgan fingerprint density at radius 3 is 2.65 bits per heavy atom. The predicted octanol–water partition coefficient (Wildman–Crippen LogP) is 1.70. The van der Waals surface area contributed by atoms with E-state index in [0.717, 1.165) is 43.0 Å². The molecule has 1 fully saturated rings. The van der Waals surface area contributed by atoms with Crippen LogP contribution in [0.1, 0.15) is 28.8 Å². The van der Waals surface area contributed by atoms with Crippen LogP contribution in [0.5, 0.6) is 0 Å². The second-order valence-corrected chi connectivity index (χ2v) is 9.45. The van der Waals surface area contributed by atoms with Crippen molar-refractivity contribution in [3.8, 4) is 0 Å². The molecule has 1 heterocycles. The molecule has 1 atom stereocenters. The monoisotopic (exact) mass is 446 g/mol. The standard InChI is InChI=1S/C20H22N4O6S/c1-31(29,30)17-10-14(9-16(11-17)24(27)28)20(26)22-15-5-2-4-13(8-15)12-23-7-3-6-18(23)19(21)25/h2,4-5,8-11,18H,3,6-7,12H2,1H3,(H2,21,25)(H,22,26). The molecular weight excluding hydrogens is 424 g/mol. The summed E-state index contributed by atoms with van der Waals surface area (Å²) < 4.78 is 23.7. The molecule has 0 aliphatic carbocycles. The van der Waals surface area contributed by atoms with Crippen LogP contribution in [0.25, 0.3) is 0 Å². The van der Waals surface area contributed by atoms with E-state index in [1.54, 1.807) is 18.2 Å². The van der Waals surface area contributed by atoms with Crippen molar-refractivity contribution in [1.82, 2.24) is 4.90 Å². The third-order valence-electron chi connectivity index (χ3n) is 5.06. The molecule has 1 saturated heterocycles. The average Bonchev–Trinajstić information content (AvgIpc) is 3.15. The Morgan fingerprint density at radius 2 is 2.00 bits per heavy atom. The summed E-state index contributed by atoms with van der Waals surface area (Å²) in [7, 11) is -3.75. The van der Waals surface area contributed by atoms with Gasteiger partial charge >= 0.3 is 0 Å². The first-order valence-electron chi connectivity index (χ1n) is 9.48. The number of carbonyl (C=O) groups is 2. The van der Waals surface area contributed by atoms with Gasteiger partial charge in [0.1, 0.15) is 0 Å². The number of hydrogen-bond acceptors (Lipinski definition) is 7. The van der Waals surface area contributed by atoms with Gasteiger partial charge in [0.15, 0.2) is 9.84 Å². The van der Waals surface area contributed by atoms with Gasteiger partial charge in [-0.3, -0.25) is 24.6 Å². The molecule has 2 amide bonds. The highest BCUT2D eigenvalue weighted by molar-refractivity contribution is 7.90. The first kappa shape index (κ1) is 22.4. The molecule has 31 heavy (non-hydrogen) atoms. The normalized spacial score (nSPS) is 16.7. The number of sulfone groups is 1. The Bertz CT molecular complexity index is 1150. The van der Waals surface area contributed by atoms with E-state index in [-0.39, 0.29) is 22.4 Å². The second-order valence-electron chi connectivity index (χ2n) is 7.43. The van der Waals surface area contributed by atoms with Crippen LogP contribution < -0.4 is 11.1 Å². The second kappa shape index (κ2) is 8.82. The van der Waals surface area contributed by atoms with E-state index < -0.39 is 26.4 Å². The van der Waals surface area contributed by atoms with Crippen molar-refractivity contribution >= 4 is 33.0 Å². The van der Waals surface area contributed by atoms with E-state index in [9.17, 15) is 28.1 Å². The van der Waals surface area contributed by atoms with E-state index in [4.69, 9.17) is 5.73 Å². The molecule has 0 bridgehead atoms. The molecule has 2 aromatic rings. The molecule has 0 spiro atoms. The summed E-state index contributed by atoms with van der Waals surface area (Å²) in [5.41, 5.74) is 6.10. The van der Waals surface area contributed by atoms with Crippen LogP contribution in [-0.4, -0.2) is 48.9 Å². The molecule has 1 aliphatic rings. The number of amides is 2. The van der Waals surface area contributed by atoms with Crippen molar-refractivity contribution < 1.29 is 22.9 Å². The molecule has 10 nitrogen and oxygen atoms in total. The van der Waals surface area contributed by atoms with Gasteiger partial charge < -0.3 is 11.1 Å². The Kier molecular flexibility index (Phi) is 6.37. The van der Waals surface area contributed by atoms with Crippen LogP contribution in [0.4, 0.5) is 11.4 Å². The van der Waals surface area contributed by atoms with Gasteiger partial charge in [0.2, 0.25) is 5.91 Å². The van der Waals surface area contributed by atoms with Gasteiger partial charge in [0.05, 0.1) is 15.9 Å². The highest BCUT2D eigenvalue weighted by atomic mass is 32.2. The lowest BCUT2D eigenvalue weighted by molar-refractivity contribution is -0.385. The summed E-state index contributed by atoms with van der Waals surface area (Å²) >= 11 is 0. The average molecular weight is 446 g/mol. The molecule has 3 rings (SSSR count). The highest BCUT2D eigenvalue weighted by Crippen LogP contribution is 2.23. The zero-order valence-corrected chi connectivity index (χ0v) is 17.6. The van der Waals surface area contributed by atoms with E-state index in [1.165, 1.54) is 0 Å². The van der Waals surface area contributed by atoms with Gasteiger partial charge in [-0.15, -0.1) is 0 Å². The summed E-state index contributed by atoms with van der Waals surface area (Å²) in [5.74, 6) is -1.05. The van der Waals surface area contributed by atoms with Crippen molar-refractivity contribution in [3.63, 3.8) is 0 Å². The van der Waals surface area contributed by atoms with Crippen molar-refractivity contribution in [1.29, 1.82) is 0 Å². The van der Waals surface area contributed by atoms with Crippen LogP contribution in [0.3, 0.4) is 0 Å². The third-order valence-corrected chi connectivity index (χ3v) is 6.15. The molecule has 1 unspecified atom stereocenters. The lowest BCUT2D eigenvalue weighted by atomic mass is 10.1. The maximum atomic E-state index is 12.7. The van der Waals surface area contributed by atoms with Gasteiger partial charge in [-0.2, -0.15) is 0 Å². The maximum absolute atomic E-state index is 12.7. The lowest BCUT2D eigenvalue weighted by Crippen LogP contribution is -2.39. The number of nitro groups is 1. The van der Waals surface area contributed by atoms with Gasteiger partial charge in [0, 0.05) is 36.2 Å². The van der Waals surface area contributed by atoms with Crippen LogP contribution in [0.15, 0.2) is 47.4 Å². The van der Waals surface area contributed by atoms with E-state index in [1.807, 2.05) is 11.0 Å². The number of non-ortho nitro benzene ring substituents is 1. The van der Waals surface area contributed by atoms with Crippen molar-refractivity contribution in [2.75, 3.05) is 18.1 Å². The summed E-state index contributed by atoms with van der Waals surface area (Å²) in [6.07, 6.45) is 2.50. The van der Waals surface area contributed by atoms with Crippen LogP contribution in [0.2, 0.25) is 0 Å². The molecule has 2 aromatic carbocycles. The summed E-state index contributed by atoms with van der Waals surface area (Å²) in [6, 6.07) is 9.67. The fourth-order valence-electron chi connectivity index (χ4n) is 3.56. The number of hydrogen-bond donors (Lipinski definition) is 2. The Labute approximate surface area is 179 Å². The summed E-state index contributed by atoms with van der Waals surface area (Å²) in [6.45, 7) is 1.22. The number of rotatable bonds is 7. The molecule has 1 aliphatic heterocycles. The van der Waals surface area contributed by atoms with Gasteiger partial charge in [-0.1, -0.05) is 12.1 Å². The lowest BCUT2D eigenvalue weighted by Gasteiger charge is -2.22. The minimum Gasteiger partial charge on any atom is -0.368 e. The summed E-state index contributed by atoms with van der Waals surface area (Å²) in [4.78, 5) is 36.3. The molecular formula is C20H22N4O6S. The van der Waals surface area contributed by atoms with Crippen LogP contribution >= 0.6 is 0 Å². The fourth-order valence-corrected chi connectivity index (χ4v) is 4.23. The van der Waals surface area contributed by atoms with Gasteiger partial charge in [0.25, 0.3) is 11.6 Å². The highest BCUT2D eigenvalue weighted by Gasteiger charge is 2.28. The maximum Gasteiger partial charge on any atom is 0.271 e. The molecule has 3 N–H and O–H groups in total. The van der Waals surface area contributed by atoms with Gasteiger partial charge in [-0.05, 0) is 43.1 Å². The number of likely N-dealkylation sites (tertiary alicyclic amines) is 1. The number of anilines is 1. The van der Waals surface area contributed by atoms with Gasteiger partial charge in [-0.25, -0.2) is 8.42 Å². The molecule has 0 saturated carbocycles. The quantitative estimate of drug-likeness (QED) is 0.485. The van der Waals surface area contributed by atoms with E-state index in [2.05, 4.69) is 5.32 Å². The zero-order chi connectivity index (χ0) is 22.8. The number of nitro benzene ring substituents is 1. The first-order chi connectivity index (χ1) is 14.5. The van der Waals surface area contributed by atoms with E-state index >= 15 is 0 Å². The first-order valence-corrected chi connectivity index (χ1v) is 11.4. The van der Waals surface area contributed by atoms with Crippen molar-refractivity contribution in [3.05, 3.63) is 63.7 Å². The number of carbonyl (C=O) groups excluding carboxylic acids is 2. The Hall–Kier alpha value is -3.31.